The van der Waals surface area contributed by atoms with E-state index in [1.807, 2.05) is 36.4 Å². The van der Waals surface area contributed by atoms with Crippen molar-refractivity contribution in [3.8, 4) is 0 Å². The van der Waals surface area contributed by atoms with Gasteiger partial charge in [-0.05, 0) is 43.4 Å². The number of anilines is 3. The molecule has 0 aliphatic heterocycles. The Labute approximate surface area is 225 Å². The summed E-state index contributed by atoms with van der Waals surface area (Å²) in [7, 11) is 0. The Morgan fingerprint density at radius 3 is 2.55 bits per heavy atom. The molecule has 1 atom stereocenters. The molecule has 200 valence electrons. The number of rotatable bonds is 11. The minimum absolute atomic E-state index is 0.216. The highest BCUT2D eigenvalue weighted by Gasteiger charge is 2.20. The highest BCUT2D eigenvalue weighted by molar-refractivity contribution is 7.21. The van der Waals surface area contributed by atoms with Gasteiger partial charge in [-0.2, -0.15) is 4.98 Å². The molecule has 38 heavy (non-hydrogen) atoms. The van der Waals surface area contributed by atoms with E-state index >= 15 is 0 Å². The molecule has 11 heteroatoms. The van der Waals surface area contributed by atoms with E-state index in [-0.39, 0.29) is 18.8 Å². The van der Waals surface area contributed by atoms with Crippen molar-refractivity contribution in [1.29, 1.82) is 0 Å². The molecule has 6 N–H and O–H groups in total. The van der Waals surface area contributed by atoms with Gasteiger partial charge in [-0.1, -0.05) is 41.7 Å². The maximum atomic E-state index is 9.86. The van der Waals surface area contributed by atoms with E-state index in [1.165, 1.54) is 16.9 Å². The molecule has 1 aliphatic carbocycles. The van der Waals surface area contributed by atoms with Crippen molar-refractivity contribution in [2.75, 3.05) is 23.8 Å². The topological polar surface area (TPSA) is 148 Å². The Hall–Kier alpha value is -3.22. The number of fused-ring (bicyclic) bond motifs is 1. The van der Waals surface area contributed by atoms with Gasteiger partial charge in [0.1, 0.15) is 16.2 Å². The van der Waals surface area contributed by atoms with Crippen LogP contribution in [-0.2, 0) is 13.0 Å². The van der Waals surface area contributed by atoms with Gasteiger partial charge in [-0.25, -0.2) is 15.0 Å². The van der Waals surface area contributed by atoms with Crippen LogP contribution in [0.25, 0.3) is 10.3 Å². The molecule has 4 aromatic rings. The minimum atomic E-state index is -0.790. The van der Waals surface area contributed by atoms with Crippen molar-refractivity contribution in [3.63, 3.8) is 0 Å². The van der Waals surface area contributed by atoms with E-state index < -0.39 is 6.10 Å². The van der Waals surface area contributed by atoms with Crippen LogP contribution >= 0.6 is 11.3 Å². The van der Waals surface area contributed by atoms with Crippen LogP contribution in [0.4, 0.5) is 16.9 Å². The van der Waals surface area contributed by atoms with Crippen LogP contribution in [-0.4, -0.2) is 66.7 Å². The fourth-order valence-corrected chi connectivity index (χ4v) is 5.34. The second-order valence-electron chi connectivity index (χ2n) is 9.62. The third-order valence-corrected chi connectivity index (χ3v) is 7.36. The van der Waals surface area contributed by atoms with Gasteiger partial charge < -0.3 is 31.3 Å². The molecule has 1 saturated carbocycles. The standard InChI is InChI=1S/C27H33N7O3S/c35-16-22(37)15-28-14-19-8-11-23-25(29-19)38-27(32-23)34-24-13-20(12-17-4-2-1-3-5-17)31-26(33-24)30-18-6-9-21(36)10-7-18/h1-5,8,11,13,18,21-22,28,35-37H,6-7,9-10,12,14-16H2,(H2,30,31,32,33,34)/t18-,21-,22?. The highest BCUT2D eigenvalue weighted by atomic mass is 32.1. The van der Waals surface area contributed by atoms with Gasteiger partial charge in [-0.15, -0.1) is 0 Å². The lowest BCUT2D eigenvalue weighted by Gasteiger charge is -2.26. The SMILES string of the molecule is OCC(O)CNCc1ccc2nc(Nc3cc(Cc4ccccc4)nc(N[C@H]4CC[C@H](O)CC4)n3)sc2n1. The minimum Gasteiger partial charge on any atom is -0.394 e. The number of benzene rings is 1. The predicted octanol–water partition coefficient (Wildman–Crippen LogP) is 2.97. The number of aliphatic hydroxyl groups is 3. The number of hydrogen-bond donors (Lipinski definition) is 6. The molecule has 3 aromatic heterocycles. The lowest BCUT2D eigenvalue weighted by atomic mass is 9.93. The van der Waals surface area contributed by atoms with Crippen LogP contribution in [0.2, 0.25) is 0 Å². The molecule has 0 radical (unpaired) electrons. The average Bonchev–Trinajstić information content (AvgIpc) is 3.32. The van der Waals surface area contributed by atoms with Gasteiger partial charge in [0.05, 0.1) is 30.2 Å². The first-order valence-corrected chi connectivity index (χ1v) is 13.8. The molecule has 0 amide bonds. The Kier molecular flexibility index (Phi) is 8.72. The molecule has 1 aliphatic rings. The summed E-state index contributed by atoms with van der Waals surface area (Å²) in [5.74, 6) is 1.23. The molecule has 0 bridgehead atoms. The number of aromatic nitrogens is 4. The summed E-state index contributed by atoms with van der Waals surface area (Å²) in [6, 6.07) is 16.2. The van der Waals surface area contributed by atoms with Crippen molar-refractivity contribution in [2.45, 2.75) is 56.9 Å². The van der Waals surface area contributed by atoms with Crippen LogP contribution < -0.4 is 16.0 Å². The van der Waals surface area contributed by atoms with Crippen molar-refractivity contribution >= 4 is 38.6 Å². The summed E-state index contributed by atoms with van der Waals surface area (Å²) >= 11 is 1.44. The normalized spacial score (nSPS) is 18.4. The summed E-state index contributed by atoms with van der Waals surface area (Å²) in [5.41, 5.74) is 3.67. The quantitative estimate of drug-likeness (QED) is 0.169. The van der Waals surface area contributed by atoms with Crippen LogP contribution in [0, 0.1) is 0 Å². The maximum absolute atomic E-state index is 9.86. The Bertz CT molecular complexity index is 1330. The summed E-state index contributed by atoms with van der Waals surface area (Å²) < 4.78 is 0. The maximum Gasteiger partial charge on any atom is 0.225 e. The van der Waals surface area contributed by atoms with Gasteiger partial charge in [-0.3, -0.25) is 0 Å². The van der Waals surface area contributed by atoms with Crippen molar-refractivity contribution in [3.05, 3.63) is 65.5 Å². The number of thiazole rings is 1. The monoisotopic (exact) mass is 535 g/mol. The van der Waals surface area contributed by atoms with Gasteiger partial charge in [0.2, 0.25) is 5.95 Å². The van der Waals surface area contributed by atoms with E-state index in [9.17, 15) is 10.2 Å². The van der Waals surface area contributed by atoms with E-state index in [4.69, 9.17) is 15.1 Å². The van der Waals surface area contributed by atoms with Crippen LogP contribution in [0.5, 0.6) is 0 Å². The van der Waals surface area contributed by atoms with Crippen molar-refractivity contribution in [2.24, 2.45) is 0 Å². The molecule has 0 saturated heterocycles. The first-order chi connectivity index (χ1) is 18.5. The van der Waals surface area contributed by atoms with Crippen molar-refractivity contribution in [1.82, 2.24) is 25.3 Å². The summed E-state index contributed by atoms with van der Waals surface area (Å²) in [4.78, 5) is 19.7. The summed E-state index contributed by atoms with van der Waals surface area (Å²) in [6.07, 6.45) is 3.01. The number of pyridine rings is 1. The largest absolute Gasteiger partial charge is 0.394 e. The number of hydrogen-bond acceptors (Lipinski definition) is 11. The molecular formula is C27H33N7O3S. The fourth-order valence-electron chi connectivity index (χ4n) is 4.47. The van der Waals surface area contributed by atoms with E-state index in [1.54, 1.807) is 0 Å². The van der Waals surface area contributed by atoms with Crippen LogP contribution in [0.15, 0.2) is 48.5 Å². The number of aliphatic hydroxyl groups excluding tert-OH is 3. The summed E-state index contributed by atoms with van der Waals surface area (Å²) in [6.45, 7) is 0.499. The lowest BCUT2D eigenvalue weighted by molar-refractivity contribution is 0.0941. The highest BCUT2D eigenvalue weighted by Crippen LogP contribution is 2.28. The Morgan fingerprint density at radius 2 is 1.76 bits per heavy atom. The van der Waals surface area contributed by atoms with E-state index in [0.717, 1.165) is 47.4 Å². The van der Waals surface area contributed by atoms with Gasteiger partial charge in [0.15, 0.2) is 5.13 Å². The zero-order valence-electron chi connectivity index (χ0n) is 21.0. The van der Waals surface area contributed by atoms with Gasteiger partial charge in [0, 0.05) is 31.6 Å². The molecule has 1 aromatic carbocycles. The van der Waals surface area contributed by atoms with E-state index in [0.29, 0.717) is 36.4 Å². The molecule has 1 unspecified atom stereocenters. The average molecular weight is 536 g/mol. The second kappa shape index (κ2) is 12.5. The number of nitrogens with one attached hydrogen (secondary N) is 3. The smallest absolute Gasteiger partial charge is 0.225 e. The Balaban J connectivity index is 1.33. The second-order valence-corrected chi connectivity index (χ2v) is 10.6. The predicted molar refractivity (Wildman–Crippen MR) is 149 cm³/mol. The first kappa shape index (κ1) is 26.4. The summed E-state index contributed by atoms with van der Waals surface area (Å²) in [5, 5.41) is 38.9. The van der Waals surface area contributed by atoms with Crippen LogP contribution in [0.3, 0.4) is 0 Å². The fraction of sp³-hybridized carbons (Fsp3) is 0.407. The molecule has 5 rings (SSSR count). The van der Waals surface area contributed by atoms with Gasteiger partial charge >= 0.3 is 0 Å². The Morgan fingerprint density at radius 1 is 0.947 bits per heavy atom. The zero-order valence-corrected chi connectivity index (χ0v) is 21.9. The zero-order chi connectivity index (χ0) is 26.3. The first-order valence-electron chi connectivity index (χ1n) is 12.9. The molecule has 3 heterocycles. The lowest BCUT2D eigenvalue weighted by Crippen LogP contribution is -2.29. The third-order valence-electron chi connectivity index (χ3n) is 6.48. The third kappa shape index (κ3) is 7.21. The molecule has 0 spiro atoms. The van der Waals surface area contributed by atoms with Gasteiger partial charge in [0.25, 0.3) is 0 Å². The number of nitrogens with zero attached hydrogens (tertiary/aromatic N) is 4. The van der Waals surface area contributed by atoms with Crippen LogP contribution in [0.1, 0.15) is 42.6 Å². The molecule has 1 fully saturated rings. The van der Waals surface area contributed by atoms with Crippen molar-refractivity contribution < 1.29 is 15.3 Å². The molecule has 10 nitrogen and oxygen atoms in total. The van der Waals surface area contributed by atoms with E-state index in [2.05, 4.69) is 38.1 Å². The molecular weight excluding hydrogens is 502 g/mol.